The normalized spacial score (nSPS) is 11.6. The Morgan fingerprint density at radius 1 is 1.11 bits per heavy atom. The van der Waals surface area contributed by atoms with Crippen LogP contribution in [-0.2, 0) is 4.79 Å². The van der Waals surface area contributed by atoms with Gasteiger partial charge in [0.25, 0.3) is 5.91 Å². The maximum absolute atomic E-state index is 12.8. The van der Waals surface area contributed by atoms with Crippen LogP contribution in [0.15, 0.2) is 54.7 Å². The Bertz CT molecular complexity index is 942. The van der Waals surface area contributed by atoms with Gasteiger partial charge in [-0.25, -0.2) is 0 Å². The van der Waals surface area contributed by atoms with Crippen molar-refractivity contribution in [2.24, 2.45) is 0 Å². The van der Waals surface area contributed by atoms with Gasteiger partial charge in [-0.3, -0.25) is 14.6 Å². The molecule has 0 aliphatic heterocycles. The quantitative estimate of drug-likeness (QED) is 0.632. The van der Waals surface area contributed by atoms with Crippen molar-refractivity contribution in [1.82, 2.24) is 14.7 Å². The molecule has 3 aromatic rings. The van der Waals surface area contributed by atoms with E-state index >= 15 is 0 Å². The average molecular weight is 395 g/mol. The van der Waals surface area contributed by atoms with Crippen LogP contribution in [0.3, 0.4) is 0 Å². The SMILES string of the molecule is CCC(=O)Nc1c(-c2ccccn2)nsc1C(=O)NCC(C)c1ccccc1. The lowest BCUT2D eigenvalue weighted by molar-refractivity contribution is -0.115. The summed E-state index contributed by atoms with van der Waals surface area (Å²) in [5.41, 5.74) is 2.69. The number of pyridine rings is 1. The number of hydrogen-bond acceptors (Lipinski definition) is 5. The number of aromatic nitrogens is 2. The van der Waals surface area contributed by atoms with Crippen molar-refractivity contribution in [3.8, 4) is 11.4 Å². The van der Waals surface area contributed by atoms with E-state index in [-0.39, 0.29) is 17.7 Å². The van der Waals surface area contributed by atoms with Gasteiger partial charge in [0.2, 0.25) is 5.91 Å². The Morgan fingerprint density at radius 2 is 1.86 bits per heavy atom. The molecule has 3 rings (SSSR count). The number of nitrogens with one attached hydrogen (secondary N) is 2. The number of nitrogens with zero attached hydrogens (tertiary/aromatic N) is 2. The van der Waals surface area contributed by atoms with Crippen LogP contribution in [0, 0.1) is 0 Å². The summed E-state index contributed by atoms with van der Waals surface area (Å²) >= 11 is 1.06. The lowest BCUT2D eigenvalue weighted by Crippen LogP contribution is -2.27. The summed E-state index contributed by atoms with van der Waals surface area (Å²) in [6.07, 6.45) is 1.96. The minimum Gasteiger partial charge on any atom is -0.351 e. The van der Waals surface area contributed by atoms with Crippen LogP contribution in [0.4, 0.5) is 5.69 Å². The molecule has 0 bridgehead atoms. The molecule has 2 N–H and O–H groups in total. The molecule has 0 spiro atoms. The molecule has 0 aliphatic rings. The van der Waals surface area contributed by atoms with Crippen molar-refractivity contribution in [2.45, 2.75) is 26.2 Å². The van der Waals surface area contributed by atoms with Crippen molar-refractivity contribution in [3.63, 3.8) is 0 Å². The highest BCUT2D eigenvalue weighted by molar-refractivity contribution is 7.09. The zero-order valence-electron chi connectivity index (χ0n) is 15.8. The topological polar surface area (TPSA) is 84.0 Å². The van der Waals surface area contributed by atoms with Gasteiger partial charge in [0, 0.05) is 19.2 Å². The van der Waals surface area contributed by atoms with Gasteiger partial charge in [-0.15, -0.1) is 0 Å². The predicted octanol–water partition coefficient (Wildman–Crippen LogP) is 4.09. The van der Waals surface area contributed by atoms with Crippen LogP contribution >= 0.6 is 11.5 Å². The lowest BCUT2D eigenvalue weighted by Gasteiger charge is -2.13. The molecule has 0 saturated heterocycles. The van der Waals surface area contributed by atoms with E-state index in [1.165, 1.54) is 0 Å². The van der Waals surface area contributed by atoms with Crippen LogP contribution in [-0.4, -0.2) is 27.7 Å². The molecule has 0 fully saturated rings. The Balaban J connectivity index is 1.81. The fourth-order valence-electron chi connectivity index (χ4n) is 2.69. The van der Waals surface area contributed by atoms with Crippen LogP contribution in [0.1, 0.15) is 41.4 Å². The lowest BCUT2D eigenvalue weighted by atomic mass is 10.0. The van der Waals surface area contributed by atoms with E-state index in [1.807, 2.05) is 36.4 Å². The number of hydrogen-bond donors (Lipinski definition) is 2. The van der Waals surface area contributed by atoms with Gasteiger partial charge in [-0.05, 0) is 35.1 Å². The van der Waals surface area contributed by atoms with Crippen LogP contribution in [0.2, 0.25) is 0 Å². The fraction of sp³-hybridized carbons (Fsp3) is 0.238. The number of carbonyl (C=O) groups excluding carboxylic acids is 2. The van der Waals surface area contributed by atoms with Gasteiger partial charge >= 0.3 is 0 Å². The van der Waals surface area contributed by atoms with Crippen molar-refractivity contribution in [3.05, 3.63) is 65.2 Å². The first-order valence-electron chi connectivity index (χ1n) is 9.14. The van der Waals surface area contributed by atoms with Crippen molar-refractivity contribution in [1.29, 1.82) is 0 Å². The van der Waals surface area contributed by atoms with E-state index in [0.717, 1.165) is 17.1 Å². The molecule has 7 heteroatoms. The summed E-state index contributed by atoms with van der Waals surface area (Å²) in [6, 6.07) is 15.4. The van der Waals surface area contributed by atoms with E-state index in [0.29, 0.717) is 34.9 Å². The first-order valence-corrected chi connectivity index (χ1v) is 9.91. The number of carbonyl (C=O) groups is 2. The highest BCUT2D eigenvalue weighted by atomic mass is 32.1. The second-order valence-corrected chi connectivity index (χ2v) is 7.15. The zero-order chi connectivity index (χ0) is 19.9. The Hall–Kier alpha value is -3.06. The predicted molar refractivity (Wildman–Crippen MR) is 111 cm³/mol. The van der Waals surface area contributed by atoms with E-state index in [9.17, 15) is 9.59 Å². The van der Waals surface area contributed by atoms with Gasteiger partial charge in [0.1, 0.15) is 10.6 Å². The summed E-state index contributed by atoms with van der Waals surface area (Å²) in [5, 5.41) is 5.77. The Kier molecular flexibility index (Phi) is 6.49. The fourth-order valence-corrected chi connectivity index (χ4v) is 3.45. The Labute approximate surface area is 168 Å². The number of amides is 2. The minimum atomic E-state index is -0.256. The molecule has 6 nitrogen and oxygen atoms in total. The third kappa shape index (κ3) is 4.61. The standard InChI is InChI=1S/C21H22N4O2S/c1-3-17(26)24-19-18(16-11-7-8-12-22-16)25-28-20(19)21(27)23-13-14(2)15-9-5-4-6-10-15/h4-12,14H,3,13H2,1-2H3,(H,23,27)(H,24,26). The highest BCUT2D eigenvalue weighted by Crippen LogP contribution is 2.32. The number of anilines is 1. The number of rotatable bonds is 7. The smallest absolute Gasteiger partial charge is 0.265 e. The Morgan fingerprint density at radius 3 is 2.54 bits per heavy atom. The molecule has 0 radical (unpaired) electrons. The first kappa shape index (κ1) is 19.7. The second-order valence-electron chi connectivity index (χ2n) is 6.37. The molecule has 1 unspecified atom stereocenters. The second kappa shape index (κ2) is 9.23. The molecular formula is C21H22N4O2S. The summed E-state index contributed by atoms with van der Waals surface area (Å²) < 4.78 is 4.38. The summed E-state index contributed by atoms with van der Waals surface area (Å²) in [4.78, 5) is 29.5. The first-order chi connectivity index (χ1) is 13.6. The largest absolute Gasteiger partial charge is 0.351 e. The molecule has 28 heavy (non-hydrogen) atoms. The van der Waals surface area contributed by atoms with Crippen molar-refractivity contribution in [2.75, 3.05) is 11.9 Å². The average Bonchev–Trinajstić information content (AvgIpc) is 3.16. The maximum atomic E-state index is 12.8. The van der Waals surface area contributed by atoms with Crippen LogP contribution in [0.5, 0.6) is 0 Å². The van der Waals surface area contributed by atoms with Gasteiger partial charge < -0.3 is 10.6 Å². The highest BCUT2D eigenvalue weighted by Gasteiger charge is 2.23. The van der Waals surface area contributed by atoms with E-state index in [4.69, 9.17) is 0 Å². The molecule has 0 aliphatic carbocycles. The van der Waals surface area contributed by atoms with E-state index in [1.54, 1.807) is 25.3 Å². The molecular weight excluding hydrogens is 372 g/mol. The summed E-state index contributed by atoms with van der Waals surface area (Å²) in [5.74, 6) is -0.264. The number of benzene rings is 1. The summed E-state index contributed by atoms with van der Waals surface area (Å²) in [7, 11) is 0. The van der Waals surface area contributed by atoms with Gasteiger partial charge in [0.15, 0.2) is 0 Å². The minimum absolute atomic E-state index is 0.169. The van der Waals surface area contributed by atoms with E-state index in [2.05, 4.69) is 26.9 Å². The molecule has 2 amide bonds. The van der Waals surface area contributed by atoms with E-state index < -0.39 is 0 Å². The summed E-state index contributed by atoms with van der Waals surface area (Å²) in [6.45, 7) is 4.30. The molecule has 144 valence electrons. The van der Waals surface area contributed by atoms with Gasteiger partial charge in [-0.1, -0.05) is 50.2 Å². The third-order valence-corrected chi connectivity index (χ3v) is 5.17. The maximum Gasteiger partial charge on any atom is 0.265 e. The van der Waals surface area contributed by atoms with Gasteiger partial charge in [0.05, 0.1) is 11.4 Å². The molecule has 1 atom stereocenters. The molecule has 2 heterocycles. The van der Waals surface area contributed by atoms with Crippen molar-refractivity contribution < 1.29 is 9.59 Å². The van der Waals surface area contributed by atoms with Crippen LogP contribution < -0.4 is 10.6 Å². The monoisotopic (exact) mass is 394 g/mol. The van der Waals surface area contributed by atoms with Crippen molar-refractivity contribution >= 4 is 29.0 Å². The van der Waals surface area contributed by atoms with Crippen LogP contribution in [0.25, 0.3) is 11.4 Å². The molecule has 0 saturated carbocycles. The third-order valence-electron chi connectivity index (χ3n) is 4.33. The molecule has 2 aromatic heterocycles. The zero-order valence-corrected chi connectivity index (χ0v) is 16.6. The van der Waals surface area contributed by atoms with Gasteiger partial charge in [-0.2, -0.15) is 4.37 Å². The molecule has 1 aromatic carbocycles.